The summed E-state index contributed by atoms with van der Waals surface area (Å²) in [6.07, 6.45) is 1.37. The zero-order valence-corrected chi connectivity index (χ0v) is 12.1. The number of rotatable bonds is 3. The van der Waals surface area contributed by atoms with Crippen molar-refractivity contribution in [2.45, 2.75) is 25.8 Å². The Bertz CT molecular complexity index is 476. The van der Waals surface area contributed by atoms with Crippen molar-refractivity contribution >= 4 is 23.4 Å². The molecule has 1 aromatic carbocycles. The molecular weight excluding hydrogens is 283 g/mol. The molecule has 4 nitrogen and oxygen atoms in total. The van der Waals surface area contributed by atoms with Crippen LogP contribution in [0.4, 0.5) is 14.9 Å². The summed E-state index contributed by atoms with van der Waals surface area (Å²) >= 11 is 5.98. The molecule has 0 spiro atoms. The number of benzene rings is 1. The van der Waals surface area contributed by atoms with Crippen LogP contribution in [-0.2, 0) is 4.74 Å². The van der Waals surface area contributed by atoms with Gasteiger partial charge in [0.2, 0.25) is 0 Å². The maximum Gasteiger partial charge on any atom is 0.409 e. The van der Waals surface area contributed by atoms with E-state index in [1.54, 1.807) is 17.9 Å². The SMILES string of the molecule is CCOC(=O)N1CCC(Nc2ccc(F)cc2Cl)CC1. The van der Waals surface area contributed by atoms with Crippen LogP contribution >= 0.6 is 11.6 Å². The van der Waals surface area contributed by atoms with Crippen LogP contribution in [0.1, 0.15) is 19.8 Å². The van der Waals surface area contributed by atoms with E-state index >= 15 is 0 Å². The van der Waals surface area contributed by atoms with E-state index in [0.717, 1.165) is 18.5 Å². The van der Waals surface area contributed by atoms with Gasteiger partial charge in [-0.05, 0) is 38.0 Å². The van der Waals surface area contributed by atoms with E-state index in [9.17, 15) is 9.18 Å². The maximum atomic E-state index is 13.0. The lowest BCUT2D eigenvalue weighted by Crippen LogP contribution is -2.42. The number of hydrogen-bond donors (Lipinski definition) is 1. The minimum absolute atomic E-state index is 0.226. The average Bonchev–Trinajstić information content (AvgIpc) is 2.43. The summed E-state index contributed by atoms with van der Waals surface area (Å²) in [7, 11) is 0. The van der Waals surface area contributed by atoms with E-state index in [2.05, 4.69) is 5.32 Å². The number of piperidine rings is 1. The monoisotopic (exact) mass is 300 g/mol. The summed E-state index contributed by atoms with van der Waals surface area (Å²) in [4.78, 5) is 13.3. The van der Waals surface area contributed by atoms with Gasteiger partial charge >= 0.3 is 6.09 Å². The van der Waals surface area contributed by atoms with Crippen LogP contribution < -0.4 is 5.32 Å². The lowest BCUT2D eigenvalue weighted by atomic mass is 10.1. The molecule has 6 heteroatoms. The molecule has 0 bridgehead atoms. The van der Waals surface area contributed by atoms with Crippen LogP contribution in [-0.4, -0.2) is 36.7 Å². The van der Waals surface area contributed by atoms with Crippen molar-refractivity contribution in [1.29, 1.82) is 0 Å². The van der Waals surface area contributed by atoms with E-state index < -0.39 is 0 Å². The van der Waals surface area contributed by atoms with E-state index in [-0.39, 0.29) is 18.0 Å². The number of carbonyl (C=O) groups excluding carboxylic acids is 1. The highest BCUT2D eigenvalue weighted by molar-refractivity contribution is 6.33. The van der Waals surface area contributed by atoms with Gasteiger partial charge in [-0.15, -0.1) is 0 Å². The molecule has 1 fully saturated rings. The van der Waals surface area contributed by atoms with Crippen LogP contribution in [0.5, 0.6) is 0 Å². The first-order chi connectivity index (χ1) is 9.60. The van der Waals surface area contributed by atoms with Gasteiger partial charge in [0, 0.05) is 19.1 Å². The second kappa shape index (κ2) is 6.79. The lowest BCUT2D eigenvalue weighted by Gasteiger charge is -2.32. The Morgan fingerprint density at radius 1 is 1.50 bits per heavy atom. The number of ether oxygens (including phenoxy) is 1. The van der Waals surface area contributed by atoms with Crippen molar-refractivity contribution in [1.82, 2.24) is 4.90 Å². The molecule has 0 unspecified atom stereocenters. The summed E-state index contributed by atoms with van der Waals surface area (Å²) < 4.78 is 17.9. The van der Waals surface area contributed by atoms with Gasteiger partial charge in [0.25, 0.3) is 0 Å². The van der Waals surface area contributed by atoms with E-state index in [1.807, 2.05) is 0 Å². The van der Waals surface area contributed by atoms with Gasteiger partial charge in [0.1, 0.15) is 5.82 Å². The Kier molecular flexibility index (Phi) is 5.06. The first-order valence-electron chi connectivity index (χ1n) is 6.73. The molecule has 20 heavy (non-hydrogen) atoms. The third kappa shape index (κ3) is 3.76. The molecule has 1 aromatic rings. The van der Waals surface area contributed by atoms with Crippen molar-refractivity contribution < 1.29 is 13.9 Å². The average molecular weight is 301 g/mol. The van der Waals surface area contributed by atoms with Crippen LogP contribution in [0.25, 0.3) is 0 Å². The molecule has 1 N–H and O–H groups in total. The summed E-state index contributed by atoms with van der Waals surface area (Å²) in [5.41, 5.74) is 0.725. The van der Waals surface area contributed by atoms with Gasteiger partial charge in [-0.2, -0.15) is 0 Å². The fraction of sp³-hybridized carbons (Fsp3) is 0.500. The van der Waals surface area contributed by atoms with Gasteiger partial charge in [-0.1, -0.05) is 11.6 Å². The summed E-state index contributed by atoms with van der Waals surface area (Å²) in [6, 6.07) is 4.53. The summed E-state index contributed by atoms with van der Waals surface area (Å²) in [5, 5.41) is 3.66. The van der Waals surface area contributed by atoms with Crippen molar-refractivity contribution in [2.24, 2.45) is 0 Å². The summed E-state index contributed by atoms with van der Waals surface area (Å²) in [6.45, 7) is 3.48. The second-order valence-electron chi connectivity index (χ2n) is 4.73. The molecule has 0 atom stereocenters. The number of halogens is 2. The molecule has 1 amide bonds. The zero-order valence-electron chi connectivity index (χ0n) is 11.4. The normalized spacial score (nSPS) is 16.1. The fourth-order valence-electron chi connectivity index (χ4n) is 2.25. The second-order valence-corrected chi connectivity index (χ2v) is 5.14. The van der Waals surface area contributed by atoms with Gasteiger partial charge in [0.15, 0.2) is 0 Å². The van der Waals surface area contributed by atoms with Crippen molar-refractivity contribution in [3.63, 3.8) is 0 Å². The predicted octanol–water partition coefficient (Wildman–Crippen LogP) is 3.51. The highest BCUT2D eigenvalue weighted by Crippen LogP contribution is 2.25. The number of nitrogens with zero attached hydrogens (tertiary/aromatic N) is 1. The molecule has 1 aliphatic rings. The quantitative estimate of drug-likeness (QED) is 0.929. The Hall–Kier alpha value is -1.49. The molecule has 2 rings (SSSR count). The van der Waals surface area contributed by atoms with Gasteiger partial charge in [0.05, 0.1) is 17.3 Å². The molecule has 0 radical (unpaired) electrons. The van der Waals surface area contributed by atoms with Crippen LogP contribution in [0.2, 0.25) is 5.02 Å². The number of hydrogen-bond acceptors (Lipinski definition) is 3. The number of anilines is 1. The third-order valence-corrected chi connectivity index (χ3v) is 3.62. The minimum atomic E-state index is -0.349. The first kappa shape index (κ1) is 14.9. The van der Waals surface area contributed by atoms with Crippen LogP contribution in [0.3, 0.4) is 0 Å². The first-order valence-corrected chi connectivity index (χ1v) is 7.11. The highest BCUT2D eigenvalue weighted by Gasteiger charge is 2.23. The van der Waals surface area contributed by atoms with Crippen molar-refractivity contribution in [3.8, 4) is 0 Å². The topological polar surface area (TPSA) is 41.6 Å². The van der Waals surface area contributed by atoms with Crippen LogP contribution in [0.15, 0.2) is 18.2 Å². The molecule has 0 aliphatic carbocycles. The van der Waals surface area contributed by atoms with Crippen molar-refractivity contribution in [2.75, 3.05) is 25.0 Å². The number of carbonyl (C=O) groups is 1. The van der Waals surface area contributed by atoms with Gasteiger partial charge in [-0.3, -0.25) is 0 Å². The van der Waals surface area contributed by atoms with E-state index in [4.69, 9.17) is 16.3 Å². The van der Waals surface area contributed by atoms with Gasteiger partial charge in [-0.25, -0.2) is 9.18 Å². The number of likely N-dealkylation sites (tertiary alicyclic amines) is 1. The Morgan fingerprint density at radius 2 is 2.20 bits per heavy atom. The molecule has 1 saturated heterocycles. The summed E-state index contributed by atoms with van der Waals surface area (Å²) in [5.74, 6) is -0.349. The number of amides is 1. The predicted molar refractivity (Wildman–Crippen MR) is 76.6 cm³/mol. The van der Waals surface area contributed by atoms with Crippen molar-refractivity contribution in [3.05, 3.63) is 29.0 Å². The molecule has 110 valence electrons. The fourth-order valence-corrected chi connectivity index (χ4v) is 2.47. The number of nitrogens with one attached hydrogen (secondary N) is 1. The molecule has 1 heterocycles. The van der Waals surface area contributed by atoms with Crippen LogP contribution in [0, 0.1) is 5.82 Å². The Morgan fingerprint density at radius 3 is 2.80 bits per heavy atom. The molecular formula is C14H18ClFN2O2. The standard InChI is InChI=1S/C14H18ClFN2O2/c1-2-20-14(19)18-7-5-11(6-8-18)17-13-4-3-10(16)9-12(13)15/h3-4,9,11,17H,2,5-8H2,1H3. The molecule has 0 saturated carbocycles. The smallest absolute Gasteiger partial charge is 0.409 e. The molecule has 0 aromatic heterocycles. The minimum Gasteiger partial charge on any atom is -0.450 e. The van der Waals surface area contributed by atoms with E-state index in [1.165, 1.54) is 12.1 Å². The molecule has 1 aliphatic heterocycles. The largest absolute Gasteiger partial charge is 0.450 e. The Labute approximate surface area is 122 Å². The third-order valence-electron chi connectivity index (χ3n) is 3.31. The van der Waals surface area contributed by atoms with Gasteiger partial charge < -0.3 is 15.0 Å². The van der Waals surface area contributed by atoms with E-state index in [0.29, 0.717) is 24.7 Å². The highest BCUT2D eigenvalue weighted by atomic mass is 35.5. The zero-order chi connectivity index (χ0) is 14.5. The maximum absolute atomic E-state index is 13.0. The lowest BCUT2D eigenvalue weighted by molar-refractivity contribution is 0.0983. The Balaban J connectivity index is 1.86.